The molecular formula is C44H26N4O4. The topological polar surface area (TPSA) is 132 Å². The second kappa shape index (κ2) is 12.6. The lowest BCUT2D eigenvalue weighted by Gasteiger charge is -2.10. The van der Waals surface area contributed by atoms with Gasteiger partial charge in [-0.15, -0.1) is 0 Å². The van der Waals surface area contributed by atoms with Crippen LogP contribution >= 0.6 is 0 Å². The number of carboxylic acids is 2. The molecule has 0 bridgehead atoms. The van der Waals surface area contributed by atoms with Crippen molar-refractivity contribution in [1.82, 2.24) is 9.13 Å². The molecule has 8 nitrogen and oxygen atoms in total. The Bertz CT molecular complexity index is 2710. The second-order valence-electron chi connectivity index (χ2n) is 12.3. The largest absolute Gasteiger partial charge is 0.477 e. The Morgan fingerprint density at radius 1 is 0.481 bits per heavy atom. The number of fused-ring (bicyclic) bond motifs is 6. The molecule has 2 aromatic heterocycles. The summed E-state index contributed by atoms with van der Waals surface area (Å²) in [6.45, 7) is 0. The van der Waals surface area contributed by atoms with Crippen LogP contribution in [-0.2, 0) is 9.59 Å². The number of aromatic nitrogens is 2. The summed E-state index contributed by atoms with van der Waals surface area (Å²) in [7, 11) is 0. The van der Waals surface area contributed by atoms with E-state index in [0.29, 0.717) is 11.1 Å². The van der Waals surface area contributed by atoms with E-state index in [1.54, 1.807) is 12.1 Å². The molecule has 0 amide bonds. The molecule has 0 fully saturated rings. The molecule has 0 atom stereocenters. The molecule has 0 aliphatic rings. The minimum absolute atomic E-state index is 0.322. The van der Waals surface area contributed by atoms with Gasteiger partial charge in [0.2, 0.25) is 0 Å². The summed E-state index contributed by atoms with van der Waals surface area (Å²) >= 11 is 0. The van der Waals surface area contributed by atoms with Crippen LogP contribution in [-0.4, -0.2) is 31.3 Å². The minimum atomic E-state index is -1.26. The first-order valence-electron chi connectivity index (χ1n) is 16.3. The number of benzene rings is 6. The maximum Gasteiger partial charge on any atom is 0.346 e. The molecular weight excluding hydrogens is 649 g/mol. The van der Waals surface area contributed by atoms with E-state index in [0.717, 1.165) is 66.1 Å². The highest BCUT2D eigenvalue weighted by Crippen LogP contribution is 2.38. The first-order valence-corrected chi connectivity index (χ1v) is 16.3. The molecule has 2 N–H and O–H groups in total. The van der Waals surface area contributed by atoms with Gasteiger partial charge in [0.15, 0.2) is 0 Å². The van der Waals surface area contributed by atoms with Gasteiger partial charge in [-0.1, -0.05) is 72.8 Å². The standard InChI is InChI=1S/C44H26N4O4/c45-25-31(43(49)50)21-27-9-15-33(16-10-27)47-39-7-3-1-5-35(39)37-23-29(13-19-41(37)47)30-14-20-42-38(24-30)36-6-2-4-8-40(36)48(42)34-17-11-28(12-18-34)22-32(26-46)44(51)52/h1-24H,(H,49,50)(H,51,52)/b31-21+,32-22+. The molecule has 0 spiro atoms. The van der Waals surface area contributed by atoms with Crippen LogP contribution in [0.25, 0.3) is 78.3 Å². The van der Waals surface area contributed by atoms with E-state index >= 15 is 0 Å². The van der Waals surface area contributed by atoms with Gasteiger partial charge in [0.25, 0.3) is 0 Å². The summed E-state index contributed by atoms with van der Waals surface area (Å²) in [6, 6.07) is 47.8. The number of nitriles is 2. The molecule has 8 aromatic rings. The quantitative estimate of drug-likeness (QED) is 0.128. The first kappa shape index (κ1) is 31.6. The number of carboxylic acid groups (broad SMARTS) is 2. The van der Waals surface area contributed by atoms with E-state index in [9.17, 15) is 30.3 Å². The molecule has 0 aliphatic heterocycles. The van der Waals surface area contributed by atoms with Gasteiger partial charge in [0, 0.05) is 32.9 Å². The summed E-state index contributed by atoms with van der Waals surface area (Å²) in [5.41, 5.74) is 8.69. The number of hydrogen-bond acceptors (Lipinski definition) is 4. The minimum Gasteiger partial charge on any atom is -0.477 e. The first-order chi connectivity index (χ1) is 25.3. The van der Waals surface area contributed by atoms with Crippen LogP contribution in [0.15, 0.2) is 145 Å². The monoisotopic (exact) mass is 674 g/mol. The van der Waals surface area contributed by atoms with Crippen LogP contribution in [0.4, 0.5) is 0 Å². The molecule has 0 saturated heterocycles. The molecule has 0 radical (unpaired) electrons. The average molecular weight is 675 g/mol. The summed E-state index contributed by atoms with van der Waals surface area (Å²) in [5.74, 6) is -2.52. The van der Waals surface area contributed by atoms with Crippen LogP contribution in [0.3, 0.4) is 0 Å². The van der Waals surface area contributed by atoms with E-state index in [4.69, 9.17) is 0 Å². The summed E-state index contributed by atoms with van der Waals surface area (Å²) in [5, 5.41) is 41.2. The molecule has 0 unspecified atom stereocenters. The number of nitrogens with zero attached hydrogens (tertiary/aromatic N) is 4. The number of aliphatic carboxylic acids is 2. The summed E-state index contributed by atoms with van der Waals surface area (Å²) < 4.78 is 4.37. The Kier molecular flexibility index (Phi) is 7.68. The summed E-state index contributed by atoms with van der Waals surface area (Å²) in [4.78, 5) is 22.7. The van der Waals surface area contributed by atoms with Crippen LogP contribution in [0, 0.1) is 22.7 Å². The van der Waals surface area contributed by atoms with E-state index in [-0.39, 0.29) is 11.1 Å². The van der Waals surface area contributed by atoms with Crippen LogP contribution in [0.5, 0.6) is 0 Å². The third kappa shape index (κ3) is 5.34. The van der Waals surface area contributed by atoms with E-state index in [1.807, 2.05) is 72.8 Å². The molecule has 6 aromatic carbocycles. The van der Waals surface area contributed by atoms with Gasteiger partial charge in [-0.25, -0.2) is 9.59 Å². The molecule has 8 rings (SSSR count). The van der Waals surface area contributed by atoms with Gasteiger partial charge >= 0.3 is 11.9 Å². The zero-order chi connectivity index (χ0) is 35.9. The maximum atomic E-state index is 11.3. The maximum absolute atomic E-state index is 11.3. The molecule has 0 saturated carbocycles. The van der Waals surface area contributed by atoms with Crippen molar-refractivity contribution in [2.45, 2.75) is 0 Å². The van der Waals surface area contributed by atoms with E-state index in [1.165, 1.54) is 12.2 Å². The van der Waals surface area contributed by atoms with Crippen molar-refractivity contribution < 1.29 is 19.8 Å². The molecule has 52 heavy (non-hydrogen) atoms. The van der Waals surface area contributed by atoms with Crippen molar-refractivity contribution in [3.05, 3.63) is 156 Å². The normalized spacial score (nSPS) is 12.0. The third-order valence-corrected chi connectivity index (χ3v) is 9.30. The Morgan fingerprint density at radius 2 is 0.846 bits per heavy atom. The van der Waals surface area contributed by atoms with Gasteiger partial charge in [-0.05, 0) is 95.1 Å². The van der Waals surface area contributed by atoms with E-state index in [2.05, 4.69) is 69.8 Å². The Balaban J connectivity index is 1.22. The van der Waals surface area contributed by atoms with Crippen LogP contribution in [0.2, 0.25) is 0 Å². The predicted octanol–water partition coefficient (Wildman–Crippen LogP) is 9.53. The summed E-state index contributed by atoms with van der Waals surface area (Å²) in [6.07, 6.45) is 2.73. The average Bonchev–Trinajstić information content (AvgIpc) is 3.68. The van der Waals surface area contributed by atoms with Gasteiger partial charge < -0.3 is 19.3 Å². The number of para-hydroxylation sites is 2. The Hall–Kier alpha value is -7.68. The van der Waals surface area contributed by atoms with Crippen molar-refractivity contribution in [2.75, 3.05) is 0 Å². The Labute approximate surface area is 296 Å². The van der Waals surface area contributed by atoms with Crippen molar-refractivity contribution in [3.63, 3.8) is 0 Å². The van der Waals surface area contributed by atoms with Gasteiger partial charge in [0.05, 0.1) is 22.1 Å². The van der Waals surface area contributed by atoms with Crippen LogP contribution < -0.4 is 0 Å². The van der Waals surface area contributed by atoms with Crippen molar-refractivity contribution in [2.24, 2.45) is 0 Å². The number of rotatable bonds is 7. The SMILES string of the molecule is N#C/C(=C\c1ccc(-n2c3ccccc3c3cc(-c4ccc5c(c4)c4ccccc4n5-c4ccc(/C=C(\C#N)C(=O)O)cc4)ccc32)cc1)C(=O)O. The molecule has 0 aliphatic carbocycles. The number of carbonyl (C=O) groups is 2. The Morgan fingerprint density at radius 3 is 1.21 bits per heavy atom. The smallest absolute Gasteiger partial charge is 0.346 e. The van der Waals surface area contributed by atoms with Crippen molar-refractivity contribution in [1.29, 1.82) is 10.5 Å². The van der Waals surface area contributed by atoms with Crippen molar-refractivity contribution >= 4 is 67.7 Å². The highest BCUT2D eigenvalue weighted by molar-refractivity contribution is 6.12. The number of hydrogen-bond donors (Lipinski definition) is 2. The highest BCUT2D eigenvalue weighted by Gasteiger charge is 2.16. The zero-order valence-electron chi connectivity index (χ0n) is 27.4. The molecule has 246 valence electrons. The fourth-order valence-corrected chi connectivity index (χ4v) is 6.92. The second-order valence-corrected chi connectivity index (χ2v) is 12.3. The van der Waals surface area contributed by atoms with Gasteiger partial charge in [-0.2, -0.15) is 10.5 Å². The lowest BCUT2D eigenvalue weighted by Crippen LogP contribution is -1.97. The lowest BCUT2D eigenvalue weighted by atomic mass is 10.0. The predicted molar refractivity (Wildman–Crippen MR) is 203 cm³/mol. The molecule has 2 heterocycles. The van der Waals surface area contributed by atoms with E-state index < -0.39 is 11.9 Å². The lowest BCUT2D eigenvalue weighted by molar-refractivity contribution is -0.133. The van der Waals surface area contributed by atoms with Crippen molar-refractivity contribution in [3.8, 4) is 34.6 Å². The fourth-order valence-electron chi connectivity index (χ4n) is 6.92. The third-order valence-electron chi connectivity index (χ3n) is 9.30. The van der Waals surface area contributed by atoms with Gasteiger partial charge in [-0.3, -0.25) is 0 Å². The zero-order valence-corrected chi connectivity index (χ0v) is 27.4. The van der Waals surface area contributed by atoms with Crippen LogP contribution in [0.1, 0.15) is 11.1 Å². The molecule has 8 heteroatoms. The highest BCUT2D eigenvalue weighted by atomic mass is 16.4. The fraction of sp³-hybridized carbons (Fsp3) is 0. The van der Waals surface area contributed by atoms with Gasteiger partial charge in [0.1, 0.15) is 23.3 Å².